The summed E-state index contributed by atoms with van der Waals surface area (Å²) in [6.07, 6.45) is 1.25. The maximum atomic E-state index is 11.6. The Morgan fingerprint density at radius 3 is 2.45 bits per heavy atom. The number of carbonyl (C=O) groups is 1. The maximum absolute atomic E-state index is 11.6. The van der Waals surface area contributed by atoms with Gasteiger partial charge in [-0.3, -0.25) is 9.69 Å². The molecule has 20 heavy (non-hydrogen) atoms. The summed E-state index contributed by atoms with van der Waals surface area (Å²) in [5.74, 6) is 0.0769. The second-order valence-corrected chi connectivity index (χ2v) is 4.90. The third-order valence-corrected chi connectivity index (χ3v) is 3.49. The molecular formula is C16H27N3O. The molecule has 1 aromatic rings. The third kappa shape index (κ3) is 5.72. The highest BCUT2D eigenvalue weighted by Gasteiger charge is 2.07. The van der Waals surface area contributed by atoms with Crippen molar-refractivity contribution in [1.82, 2.24) is 10.2 Å². The number of benzene rings is 1. The molecule has 0 bridgehead atoms. The smallest absolute Gasteiger partial charge is 0.220 e. The van der Waals surface area contributed by atoms with Gasteiger partial charge in [-0.25, -0.2) is 0 Å². The normalized spacial score (nSPS) is 10.8. The van der Waals surface area contributed by atoms with Gasteiger partial charge < -0.3 is 11.1 Å². The zero-order valence-corrected chi connectivity index (χ0v) is 12.7. The SMILES string of the molecule is CCN(CC)Cc1ccccc1CNC(=O)CCCN. The van der Waals surface area contributed by atoms with Gasteiger partial charge in [-0.05, 0) is 37.2 Å². The summed E-state index contributed by atoms with van der Waals surface area (Å²) in [6.45, 7) is 8.50. The van der Waals surface area contributed by atoms with Crippen LogP contribution in [0.25, 0.3) is 0 Å². The van der Waals surface area contributed by atoms with E-state index in [1.54, 1.807) is 0 Å². The van der Waals surface area contributed by atoms with Gasteiger partial charge in [-0.2, -0.15) is 0 Å². The number of hydrogen-bond donors (Lipinski definition) is 2. The van der Waals surface area contributed by atoms with Crippen molar-refractivity contribution in [3.63, 3.8) is 0 Å². The molecule has 0 aliphatic rings. The lowest BCUT2D eigenvalue weighted by molar-refractivity contribution is -0.121. The van der Waals surface area contributed by atoms with Crippen molar-refractivity contribution >= 4 is 5.91 Å². The van der Waals surface area contributed by atoms with Crippen molar-refractivity contribution < 1.29 is 4.79 Å². The van der Waals surface area contributed by atoms with E-state index in [4.69, 9.17) is 5.73 Å². The van der Waals surface area contributed by atoms with E-state index < -0.39 is 0 Å². The lowest BCUT2D eigenvalue weighted by Gasteiger charge is -2.20. The van der Waals surface area contributed by atoms with Crippen molar-refractivity contribution in [3.05, 3.63) is 35.4 Å². The molecule has 3 N–H and O–H groups in total. The quantitative estimate of drug-likeness (QED) is 0.724. The minimum Gasteiger partial charge on any atom is -0.352 e. The Labute approximate surface area is 122 Å². The van der Waals surface area contributed by atoms with E-state index in [1.807, 2.05) is 6.07 Å². The highest BCUT2D eigenvalue weighted by atomic mass is 16.1. The van der Waals surface area contributed by atoms with Gasteiger partial charge >= 0.3 is 0 Å². The molecule has 0 aliphatic heterocycles. The molecule has 0 saturated carbocycles. The van der Waals surface area contributed by atoms with E-state index in [1.165, 1.54) is 11.1 Å². The van der Waals surface area contributed by atoms with Crippen LogP contribution in [0.3, 0.4) is 0 Å². The van der Waals surface area contributed by atoms with Crippen molar-refractivity contribution in [1.29, 1.82) is 0 Å². The monoisotopic (exact) mass is 277 g/mol. The Hall–Kier alpha value is -1.39. The molecule has 0 spiro atoms. The molecule has 0 aromatic heterocycles. The number of amides is 1. The van der Waals surface area contributed by atoms with Crippen LogP contribution in [-0.4, -0.2) is 30.4 Å². The van der Waals surface area contributed by atoms with Crippen LogP contribution in [0.1, 0.15) is 37.8 Å². The second-order valence-electron chi connectivity index (χ2n) is 4.90. The first kappa shape index (κ1) is 16.7. The molecule has 4 heteroatoms. The Balaban J connectivity index is 2.59. The average Bonchev–Trinajstić information content (AvgIpc) is 2.49. The Morgan fingerprint density at radius 2 is 1.85 bits per heavy atom. The number of nitrogens with zero attached hydrogens (tertiary/aromatic N) is 1. The number of hydrogen-bond acceptors (Lipinski definition) is 3. The Morgan fingerprint density at radius 1 is 1.20 bits per heavy atom. The molecule has 0 fully saturated rings. The van der Waals surface area contributed by atoms with E-state index in [0.717, 1.165) is 26.1 Å². The summed E-state index contributed by atoms with van der Waals surface area (Å²) in [4.78, 5) is 14.0. The first-order valence-electron chi connectivity index (χ1n) is 7.47. The molecule has 112 valence electrons. The fourth-order valence-corrected chi connectivity index (χ4v) is 2.12. The molecule has 4 nitrogen and oxygen atoms in total. The van der Waals surface area contributed by atoms with Crippen molar-refractivity contribution in [3.8, 4) is 0 Å². The minimum absolute atomic E-state index is 0.0769. The Kier molecular flexibility index (Phi) is 7.92. The highest BCUT2D eigenvalue weighted by Crippen LogP contribution is 2.11. The van der Waals surface area contributed by atoms with Gasteiger partial charge in [0, 0.05) is 19.5 Å². The van der Waals surface area contributed by atoms with E-state index in [-0.39, 0.29) is 5.91 Å². The average molecular weight is 277 g/mol. The lowest BCUT2D eigenvalue weighted by atomic mass is 10.1. The summed E-state index contributed by atoms with van der Waals surface area (Å²) in [5, 5.41) is 2.97. The fraction of sp³-hybridized carbons (Fsp3) is 0.562. The number of nitrogens with one attached hydrogen (secondary N) is 1. The van der Waals surface area contributed by atoms with Gasteiger partial charge in [0.1, 0.15) is 0 Å². The molecule has 0 saturated heterocycles. The predicted octanol–water partition coefficient (Wildman–Crippen LogP) is 1.88. The largest absolute Gasteiger partial charge is 0.352 e. The second kappa shape index (κ2) is 9.50. The fourth-order valence-electron chi connectivity index (χ4n) is 2.12. The molecule has 0 heterocycles. The molecule has 0 unspecified atom stereocenters. The highest BCUT2D eigenvalue weighted by molar-refractivity contribution is 5.75. The van der Waals surface area contributed by atoms with Crippen LogP contribution >= 0.6 is 0 Å². The molecule has 1 aromatic carbocycles. The van der Waals surface area contributed by atoms with Crippen LogP contribution in [0.4, 0.5) is 0 Å². The van der Waals surface area contributed by atoms with Crippen LogP contribution < -0.4 is 11.1 Å². The van der Waals surface area contributed by atoms with Gasteiger partial charge in [-0.1, -0.05) is 38.1 Å². The first-order valence-corrected chi connectivity index (χ1v) is 7.47. The third-order valence-electron chi connectivity index (χ3n) is 3.49. The van der Waals surface area contributed by atoms with Gasteiger partial charge in [0.2, 0.25) is 5.91 Å². The van der Waals surface area contributed by atoms with Crippen molar-refractivity contribution in [2.45, 2.75) is 39.8 Å². The van der Waals surface area contributed by atoms with E-state index in [2.05, 4.69) is 42.3 Å². The Bertz CT molecular complexity index is 402. The van der Waals surface area contributed by atoms with E-state index >= 15 is 0 Å². The predicted molar refractivity (Wildman–Crippen MR) is 83.2 cm³/mol. The molecule has 1 amide bonds. The maximum Gasteiger partial charge on any atom is 0.220 e. The molecular weight excluding hydrogens is 250 g/mol. The van der Waals surface area contributed by atoms with Crippen LogP contribution in [0.5, 0.6) is 0 Å². The topological polar surface area (TPSA) is 58.4 Å². The molecule has 0 radical (unpaired) electrons. The number of rotatable bonds is 9. The minimum atomic E-state index is 0.0769. The van der Waals surface area contributed by atoms with E-state index in [0.29, 0.717) is 19.5 Å². The summed E-state index contributed by atoms with van der Waals surface area (Å²) in [6, 6.07) is 8.30. The van der Waals surface area contributed by atoms with Crippen LogP contribution in [-0.2, 0) is 17.9 Å². The first-order chi connectivity index (χ1) is 9.71. The number of nitrogens with two attached hydrogens (primary N) is 1. The standard InChI is InChI=1S/C16H27N3O/c1-3-19(4-2)13-15-9-6-5-8-14(15)12-18-16(20)10-7-11-17/h5-6,8-9H,3-4,7,10-13,17H2,1-2H3,(H,18,20). The summed E-state index contributed by atoms with van der Waals surface area (Å²) in [7, 11) is 0. The van der Waals surface area contributed by atoms with Crippen LogP contribution in [0.15, 0.2) is 24.3 Å². The van der Waals surface area contributed by atoms with Crippen LogP contribution in [0.2, 0.25) is 0 Å². The molecule has 0 aliphatic carbocycles. The zero-order chi connectivity index (χ0) is 14.8. The summed E-state index contributed by atoms with van der Waals surface area (Å²) < 4.78 is 0. The molecule has 0 atom stereocenters. The van der Waals surface area contributed by atoms with Gasteiger partial charge in [0.05, 0.1) is 0 Å². The van der Waals surface area contributed by atoms with Crippen LogP contribution in [0, 0.1) is 0 Å². The van der Waals surface area contributed by atoms with Gasteiger partial charge in [0.25, 0.3) is 0 Å². The van der Waals surface area contributed by atoms with E-state index in [9.17, 15) is 4.79 Å². The van der Waals surface area contributed by atoms with Gasteiger partial charge in [0.15, 0.2) is 0 Å². The zero-order valence-electron chi connectivity index (χ0n) is 12.7. The summed E-state index contributed by atoms with van der Waals surface area (Å²) >= 11 is 0. The van der Waals surface area contributed by atoms with Gasteiger partial charge in [-0.15, -0.1) is 0 Å². The lowest BCUT2D eigenvalue weighted by Crippen LogP contribution is -2.26. The number of carbonyl (C=O) groups excluding carboxylic acids is 1. The van der Waals surface area contributed by atoms with Crippen molar-refractivity contribution in [2.75, 3.05) is 19.6 Å². The summed E-state index contributed by atoms with van der Waals surface area (Å²) in [5.41, 5.74) is 7.89. The van der Waals surface area contributed by atoms with Crippen molar-refractivity contribution in [2.24, 2.45) is 5.73 Å². The molecule has 1 rings (SSSR count).